The van der Waals surface area contributed by atoms with E-state index < -0.39 is 0 Å². The van der Waals surface area contributed by atoms with E-state index in [9.17, 15) is 0 Å². The molecule has 0 bridgehead atoms. The first-order chi connectivity index (χ1) is 7.24. The van der Waals surface area contributed by atoms with E-state index in [2.05, 4.69) is 26.0 Å². The van der Waals surface area contributed by atoms with Crippen LogP contribution in [0.2, 0.25) is 0 Å². The van der Waals surface area contributed by atoms with Crippen LogP contribution in [-0.2, 0) is 9.47 Å². The molecular weight excluding hydrogens is 188 g/mol. The Morgan fingerprint density at radius 1 is 1.27 bits per heavy atom. The van der Waals surface area contributed by atoms with Gasteiger partial charge in [0.15, 0.2) is 6.29 Å². The molecule has 0 aromatic rings. The van der Waals surface area contributed by atoms with Crippen LogP contribution in [0.15, 0.2) is 23.3 Å². The lowest BCUT2D eigenvalue weighted by Crippen LogP contribution is -2.24. The summed E-state index contributed by atoms with van der Waals surface area (Å²) < 4.78 is 11.0. The molecular formula is C13H22O2. The molecule has 1 fully saturated rings. The van der Waals surface area contributed by atoms with E-state index >= 15 is 0 Å². The molecule has 2 nitrogen and oxygen atoms in total. The van der Waals surface area contributed by atoms with E-state index in [0.29, 0.717) is 0 Å². The standard InChI is InChI=1S/C13H22O2/c1-4-6-11(2)12(3)7-8-13-14-9-5-10-15-13/h4,6,13H,5,7-10H2,1-3H3/b6-4-,12-11-. The molecule has 0 aliphatic carbocycles. The Balaban J connectivity index is 2.31. The largest absolute Gasteiger partial charge is 0.353 e. The Bertz CT molecular complexity index is 235. The molecule has 1 saturated heterocycles. The molecule has 0 spiro atoms. The molecule has 0 N–H and O–H groups in total. The maximum Gasteiger partial charge on any atom is 0.157 e. The van der Waals surface area contributed by atoms with Crippen LogP contribution >= 0.6 is 0 Å². The van der Waals surface area contributed by atoms with Crippen LogP contribution in [0, 0.1) is 0 Å². The summed E-state index contributed by atoms with van der Waals surface area (Å²) in [5.41, 5.74) is 2.78. The van der Waals surface area contributed by atoms with Gasteiger partial charge in [-0.2, -0.15) is 0 Å². The first-order valence-corrected chi connectivity index (χ1v) is 5.76. The van der Waals surface area contributed by atoms with Gasteiger partial charge in [0.2, 0.25) is 0 Å². The van der Waals surface area contributed by atoms with E-state index in [-0.39, 0.29) is 6.29 Å². The molecule has 1 aliphatic heterocycles. The van der Waals surface area contributed by atoms with Crippen molar-refractivity contribution < 1.29 is 9.47 Å². The van der Waals surface area contributed by atoms with Crippen LogP contribution in [-0.4, -0.2) is 19.5 Å². The van der Waals surface area contributed by atoms with Gasteiger partial charge in [-0.15, -0.1) is 0 Å². The number of allylic oxidation sites excluding steroid dienone is 4. The van der Waals surface area contributed by atoms with Gasteiger partial charge in [-0.25, -0.2) is 0 Å². The summed E-state index contributed by atoms with van der Waals surface area (Å²) in [6.07, 6.45) is 7.31. The second kappa shape index (κ2) is 6.81. The maximum atomic E-state index is 5.51. The van der Waals surface area contributed by atoms with Gasteiger partial charge in [0.05, 0.1) is 13.2 Å². The minimum Gasteiger partial charge on any atom is -0.353 e. The lowest BCUT2D eigenvalue weighted by atomic mass is 10.1. The normalized spacial score (nSPS) is 20.7. The molecule has 0 aromatic heterocycles. The van der Waals surface area contributed by atoms with Gasteiger partial charge >= 0.3 is 0 Å². The molecule has 0 aromatic carbocycles. The Kier molecular flexibility index (Phi) is 5.66. The van der Waals surface area contributed by atoms with Crippen molar-refractivity contribution >= 4 is 0 Å². The summed E-state index contributed by atoms with van der Waals surface area (Å²) in [6.45, 7) is 8.07. The van der Waals surface area contributed by atoms with E-state index in [1.165, 1.54) is 11.1 Å². The van der Waals surface area contributed by atoms with Gasteiger partial charge in [0, 0.05) is 6.42 Å². The third-order valence-electron chi connectivity index (χ3n) is 2.74. The SMILES string of the molecule is C/C=C\C(C)=C(\C)CCC1OCCCO1. The van der Waals surface area contributed by atoms with Crippen molar-refractivity contribution in [3.8, 4) is 0 Å². The van der Waals surface area contributed by atoms with Crippen molar-refractivity contribution in [2.24, 2.45) is 0 Å². The van der Waals surface area contributed by atoms with Gasteiger partial charge in [0.1, 0.15) is 0 Å². The number of rotatable bonds is 4. The van der Waals surface area contributed by atoms with Crippen molar-refractivity contribution in [1.82, 2.24) is 0 Å². The molecule has 86 valence electrons. The lowest BCUT2D eigenvalue weighted by molar-refractivity contribution is -0.180. The van der Waals surface area contributed by atoms with Gasteiger partial charge in [-0.05, 0) is 33.6 Å². The zero-order chi connectivity index (χ0) is 11.1. The molecule has 0 atom stereocenters. The molecule has 15 heavy (non-hydrogen) atoms. The minimum atomic E-state index is 0.0205. The van der Waals surface area contributed by atoms with Crippen LogP contribution in [0.1, 0.15) is 40.0 Å². The van der Waals surface area contributed by atoms with E-state index in [1.54, 1.807) is 0 Å². The molecule has 1 aliphatic rings. The molecule has 1 rings (SSSR count). The average Bonchev–Trinajstić information content (AvgIpc) is 2.27. The van der Waals surface area contributed by atoms with E-state index in [0.717, 1.165) is 32.5 Å². The fourth-order valence-electron chi connectivity index (χ4n) is 1.63. The zero-order valence-electron chi connectivity index (χ0n) is 10.1. The van der Waals surface area contributed by atoms with Crippen molar-refractivity contribution in [3.63, 3.8) is 0 Å². The van der Waals surface area contributed by atoms with Gasteiger partial charge in [-0.3, -0.25) is 0 Å². The number of hydrogen-bond acceptors (Lipinski definition) is 2. The minimum absolute atomic E-state index is 0.0205. The van der Waals surface area contributed by atoms with Crippen LogP contribution in [0.4, 0.5) is 0 Å². The summed E-state index contributed by atoms with van der Waals surface area (Å²) in [6, 6.07) is 0. The highest BCUT2D eigenvalue weighted by Gasteiger charge is 2.13. The molecule has 1 heterocycles. The molecule has 0 saturated carbocycles. The quantitative estimate of drug-likeness (QED) is 0.662. The van der Waals surface area contributed by atoms with Gasteiger partial charge < -0.3 is 9.47 Å². The highest BCUT2D eigenvalue weighted by Crippen LogP contribution is 2.17. The summed E-state index contributed by atoms with van der Waals surface area (Å²) in [5, 5.41) is 0. The predicted molar refractivity (Wildman–Crippen MR) is 62.7 cm³/mol. The topological polar surface area (TPSA) is 18.5 Å². The van der Waals surface area contributed by atoms with Crippen molar-refractivity contribution in [2.45, 2.75) is 46.3 Å². The lowest BCUT2D eigenvalue weighted by Gasteiger charge is -2.23. The maximum absolute atomic E-state index is 5.51. The third kappa shape index (κ3) is 4.63. The van der Waals surface area contributed by atoms with Crippen molar-refractivity contribution in [2.75, 3.05) is 13.2 Å². The molecule has 0 unspecified atom stereocenters. The Morgan fingerprint density at radius 2 is 1.93 bits per heavy atom. The van der Waals surface area contributed by atoms with Crippen LogP contribution < -0.4 is 0 Å². The van der Waals surface area contributed by atoms with Crippen molar-refractivity contribution in [3.05, 3.63) is 23.3 Å². The summed E-state index contributed by atoms with van der Waals surface area (Å²) in [7, 11) is 0. The highest BCUT2D eigenvalue weighted by molar-refractivity contribution is 5.21. The first kappa shape index (κ1) is 12.5. The highest BCUT2D eigenvalue weighted by atomic mass is 16.7. The van der Waals surface area contributed by atoms with Gasteiger partial charge in [0.25, 0.3) is 0 Å². The number of ether oxygens (including phenoxy) is 2. The van der Waals surface area contributed by atoms with Crippen LogP contribution in [0.25, 0.3) is 0 Å². The Hall–Kier alpha value is -0.600. The fourth-order valence-corrected chi connectivity index (χ4v) is 1.63. The Labute approximate surface area is 93.0 Å². The Morgan fingerprint density at radius 3 is 2.53 bits per heavy atom. The smallest absolute Gasteiger partial charge is 0.157 e. The molecule has 0 radical (unpaired) electrons. The monoisotopic (exact) mass is 210 g/mol. The average molecular weight is 210 g/mol. The van der Waals surface area contributed by atoms with Gasteiger partial charge in [-0.1, -0.05) is 23.3 Å². The van der Waals surface area contributed by atoms with Crippen molar-refractivity contribution in [1.29, 1.82) is 0 Å². The number of hydrogen-bond donors (Lipinski definition) is 0. The second-order valence-electron chi connectivity index (χ2n) is 4.03. The fraction of sp³-hybridized carbons (Fsp3) is 0.692. The van der Waals surface area contributed by atoms with Crippen LogP contribution in [0.3, 0.4) is 0 Å². The summed E-state index contributed by atoms with van der Waals surface area (Å²) in [4.78, 5) is 0. The molecule has 0 amide bonds. The van der Waals surface area contributed by atoms with E-state index in [4.69, 9.17) is 9.47 Å². The summed E-state index contributed by atoms with van der Waals surface area (Å²) in [5.74, 6) is 0. The van der Waals surface area contributed by atoms with Crippen LogP contribution in [0.5, 0.6) is 0 Å². The first-order valence-electron chi connectivity index (χ1n) is 5.76. The second-order valence-corrected chi connectivity index (χ2v) is 4.03. The predicted octanol–water partition coefficient (Wildman–Crippen LogP) is 3.44. The molecule has 2 heteroatoms. The summed E-state index contributed by atoms with van der Waals surface area (Å²) >= 11 is 0. The third-order valence-corrected chi connectivity index (χ3v) is 2.74. The van der Waals surface area contributed by atoms with E-state index in [1.807, 2.05) is 6.92 Å². The zero-order valence-corrected chi connectivity index (χ0v) is 10.1.